The summed E-state index contributed by atoms with van der Waals surface area (Å²) in [6.45, 7) is 1.51. The highest BCUT2D eigenvalue weighted by Gasteiger charge is 2.26. The van der Waals surface area contributed by atoms with Crippen LogP contribution < -0.4 is 0 Å². The van der Waals surface area contributed by atoms with Crippen molar-refractivity contribution in [1.82, 2.24) is 0 Å². The largest absolute Gasteiger partial charge is 0.497 e. The third-order valence-corrected chi connectivity index (χ3v) is 3.32. The van der Waals surface area contributed by atoms with E-state index < -0.39 is 58.4 Å². The lowest BCUT2D eigenvalue weighted by molar-refractivity contribution is -0.396. The van der Waals surface area contributed by atoms with Crippen LogP contribution in [-0.4, -0.2) is 24.1 Å². The molecule has 30 heavy (non-hydrogen) atoms. The number of phenols is 1. The second kappa shape index (κ2) is 12.1. The van der Waals surface area contributed by atoms with Gasteiger partial charge in [0.1, 0.15) is 16.7 Å². The van der Waals surface area contributed by atoms with E-state index in [2.05, 4.69) is 21.4 Å². The minimum Gasteiger partial charge on any atom is -0.497 e. The van der Waals surface area contributed by atoms with Gasteiger partial charge < -0.3 is 5.11 Å². The molecule has 0 aliphatic carbocycles. The average molecular weight is 511 g/mol. The van der Waals surface area contributed by atoms with Gasteiger partial charge in [0.15, 0.2) is 0 Å². The van der Waals surface area contributed by atoms with Crippen molar-refractivity contribution >= 4 is 59.3 Å². The predicted octanol–water partition coefficient (Wildman–Crippen LogP) is 5.09. The first-order chi connectivity index (χ1) is 13.7. The minimum absolute atomic E-state index is 0.0126. The number of aryl methyl sites for hydroxylation is 1. The second-order valence-electron chi connectivity index (χ2n) is 4.80. The van der Waals surface area contributed by atoms with Crippen LogP contribution in [0.5, 0.6) is 5.75 Å². The summed E-state index contributed by atoms with van der Waals surface area (Å²) < 4.78 is 34.3. The van der Waals surface area contributed by atoms with Crippen LogP contribution in [0.1, 0.15) is 5.56 Å². The maximum Gasteiger partial charge on any atom is 0.320 e. The first-order valence-corrected chi connectivity index (χ1v) is 10.0. The molecule has 0 saturated carbocycles. The Morgan fingerprint density at radius 3 is 1.50 bits per heavy atom. The van der Waals surface area contributed by atoms with Gasteiger partial charge in [-0.05, 0) is 18.6 Å². The molecule has 0 bridgehead atoms. The van der Waals surface area contributed by atoms with Crippen molar-refractivity contribution in [3.8, 4) is 5.75 Å². The molecule has 2 rings (SSSR count). The summed E-state index contributed by atoms with van der Waals surface area (Å²) in [6.07, 6.45) is 0. The Morgan fingerprint density at radius 2 is 1.17 bits per heavy atom. The van der Waals surface area contributed by atoms with Crippen LogP contribution in [0, 0.1) is 48.9 Å². The van der Waals surface area contributed by atoms with E-state index in [4.69, 9.17) is 20.9 Å². The smallest absolute Gasteiger partial charge is 0.320 e. The lowest BCUT2D eigenvalue weighted by atomic mass is 10.2. The van der Waals surface area contributed by atoms with Crippen molar-refractivity contribution < 1.29 is 32.9 Å². The highest BCUT2D eigenvalue weighted by molar-refractivity contribution is 8.26. The second-order valence-corrected chi connectivity index (χ2v) is 7.71. The lowest BCUT2D eigenvalue weighted by Gasteiger charge is -1.98. The molecule has 17 heteroatoms. The van der Waals surface area contributed by atoms with Gasteiger partial charge in [0.25, 0.3) is 11.4 Å². The van der Waals surface area contributed by atoms with E-state index in [-0.39, 0.29) is 5.02 Å². The summed E-state index contributed by atoms with van der Waals surface area (Å²) in [5, 5.41) is 39.7. The molecule has 2 aromatic rings. The molecule has 164 valence electrons. The van der Waals surface area contributed by atoms with Gasteiger partial charge in [0.05, 0.1) is 33.0 Å². The van der Waals surface area contributed by atoms with Gasteiger partial charge in [-0.3, -0.25) is 30.3 Å². The summed E-state index contributed by atoms with van der Waals surface area (Å²) in [5.41, 5.74) is -2.09. The van der Waals surface area contributed by atoms with Gasteiger partial charge in [0, 0.05) is 21.4 Å². The number of hydrogen-bond donors (Lipinski definition) is 1. The first kappa shape index (κ1) is 27.3. The van der Waals surface area contributed by atoms with E-state index in [0.29, 0.717) is 17.7 Å². The molecule has 0 aliphatic heterocycles. The Labute approximate surface area is 181 Å². The third kappa shape index (κ3) is 8.77. The summed E-state index contributed by atoms with van der Waals surface area (Å²) in [7, 11) is 7.36. The van der Waals surface area contributed by atoms with E-state index in [0.717, 1.165) is 12.1 Å². The molecule has 0 heterocycles. The monoisotopic (exact) mass is 509 g/mol. The van der Waals surface area contributed by atoms with Crippen molar-refractivity contribution in [3.05, 3.63) is 76.8 Å². The Hall–Kier alpha value is -2.68. The van der Waals surface area contributed by atoms with Crippen molar-refractivity contribution in [1.29, 1.82) is 0 Å². The molecule has 11 nitrogen and oxygen atoms in total. The van der Waals surface area contributed by atoms with Crippen LogP contribution in [0.4, 0.5) is 25.8 Å². The number of nitrogens with zero attached hydrogens (tertiary/aromatic N) is 3. The highest BCUT2D eigenvalue weighted by atomic mass is 36.0. The van der Waals surface area contributed by atoms with Crippen LogP contribution in [0.15, 0.2) is 24.3 Å². The van der Waals surface area contributed by atoms with Gasteiger partial charge >= 0.3 is 11.4 Å². The SMILES string of the molecule is Cc1cc(F)cc([N+](=O)[O-])c1Cl.O=S(Cl)Cl.O=[N+]([O-])c1cc(F)cc([N+](=O)[O-])c1O. The van der Waals surface area contributed by atoms with E-state index >= 15 is 0 Å². The standard InChI is InChI=1S/C7H5ClFNO2.C6H3FN2O5.Cl2OS/c1-4-2-5(9)3-6(7(4)8)10(11)12;7-3-1-4(8(11)12)6(10)5(2-3)9(13)14;1-4(2)3/h2-3H,1H3;1-2,10H;. The molecular formula is C13H8Cl3F2N3O8S. The molecule has 0 unspecified atom stereocenters. The average Bonchev–Trinajstić information content (AvgIpc) is 2.59. The number of rotatable bonds is 3. The van der Waals surface area contributed by atoms with Crippen molar-refractivity contribution in [2.24, 2.45) is 0 Å². The topological polar surface area (TPSA) is 167 Å². The zero-order chi connectivity index (χ0) is 23.8. The minimum atomic E-state index is -1.67. The van der Waals surface area contributed by atoms with Gasteiger partial charge in [0.2, 0.25) is 9.23 Å². The maximum absolute atomic E-state index is 12.6. The van der Waals surface area contributed by atoms with Crippen LogP contribution in [-0.2, 0) is 9.23 Å². The normalized spacial score (nSPS) is 9.70. The Bertz CT molecular complexity index is 973. The van der Waals surface area contributed by atoms with E-state index in [1.807, 2.05) is 0 Å². The van der Waals surface area contributed by atoms with Gasteiger partial charge in [-0.1, -0.05) is 11.6 Å². The fourth-order valence-electron chi connectivity index (χ4n) is 1.69. The Balaban J connectivity index is 0.000000481. The van der Waals surface area contributed by atoms with Gasteiger partial charge in [-0.25, -0.2) is 13.0 Å². The fourth-order valence-corrected chi connectivity index (χ4v) is 1.87. The molecule has 2 aromatic carbocycles. The molecule has 0 aliphatic rings. The molecule has 0 atom stereocenters. The zero-order valence-electron chi connectivity index (χ0n) is 14.3. The summed E-state index contributed by atoms with van der Waals surface area (Å²) in [4.78, 5) is 27.8. The molecule has 1 N–H and O–H groups in total. The summed E-state index contributed by atoms with van der Waals surface area (Å²) in [6, 6.07) is 2.76. The number of hydrogen-bond acceptors (Lipinski definition) is 8. The molecular weight excluding hydrogens is 503 g/mol. The molecule has 0 spiro atoms. The molecule has 0 aromatic heterocycles. The number of nitro benzene ring substituents is 3. The van der Waals surface area contributed by atoms with Crippen molar-refractivity contribution in [3.63, 3.8) is 0 Å². The Kier molecular flexibility index (Phi) is 11.0. The maximum atomic E-state index is 12.6. The molecule has 0 fully saturated rings. The lowest BCUT2D eigenvalue weighted by Crippen LogP contribution is -1.95. The third-order valence-electron chi connectivity index (χ3n) is 2.82. The Morgan fingerprint density at radius 1 is 0.867 bits per heavy atom. The van der Waals surface area contributed by atoms with Crippen LogP contribution in [0.3, 0.4) is 0 Å². The quantitative estimate of drug-likeness (QED) is 0.338. The van der Waals surface area contributed by atoms with Crippen LogP contribution in [0.2, 0.25) is 5.02 Å². The van der Waals surface area contributed by atoms with Crippen LogP contribution in [0.25, 0.3) is 0 Å². The molecule has 0 amide bonds. The van der Waals surface area contributed by atoms with Gasteiger partial charge in [-0.15, -0.1) is 0 Å². The summed E-state index contributed by atoms with van der Waals surface area (Å²) >= 11 is 5.55. The van der Waals surface area contributed by atoms with E-state index in [9.17, 15) is 39.1 Å². The van der Waals surface area contributed by atoms with Crippen LogP contribution >= 0.6 is 33.0 Å². The van der Waals surface area contributed by atoms with Crippen molar-refractivity contribution in [2.45, 2.75) is 6.92 Å². The number of nitro groups is 3. The summed E-state index contributed by atoms with van der Waals surface area (Å²) in [5.74, 6) is -2.95. The number of halogens is 5. The van der Waals surface area contributed by atoms with Gasteiger partial charge in [-0.2, -0.15) is 0 Å². The number of benzene rings is 2. The van der Waals surface area contributed by atoms with E-state index in [1.54, 1.807) is 0 Å². The number of aromatic hydroxyl groups is 1. The fraction of sp³-hybridized carbons (Fsp3) is 0.0769. The number of phenolic OH excluding ortho intramolecular Hbond substituents is 1. The predicted molar refractivity (Wildman–Crippen MR) is 104 cm³/mol. The molecule has 0 saturated heterocycles. The zero-order valence-corrected chi connectivity index (χ0v) is 17.3. The van der Waals surface area contributed by atoms with Crippen molar-refractivity contribution in [2.75, 3.05) is 0 Å². The highest BCUT2D eigenvalue weighted by Crippen LogP contribution is 2.35. The van der Waals surface area contributed by atoms with E-state index in [1.165, 1.54) is 6.92 Å². The molecule has 0 radical (unpaired) electrons. The first-order valence-electron chi connectivity index (χ1n) is 6.84.